The summed E-state index contributed by atoms with van der Waals surface area (Å²) >= 11 is 0. The zero-order valence-corrected chi connectivity index (χ0v) is 35.2. The van der Waals surface area contributed by atoms with Crippen LogP contribution in [-0.4, -0.2) is 88.1 Å². The van der Waals surface area contributed by atoms with Crippen molar-refractivity contribution in [1.82, 2.24) is 31.5 Å². The molecule has 10 nitrogen and oxygen atoms in total. The van der Waals surface area contributed by atoms with E-state index in [0.717, 1.165) is 90.9 Å². The van der Waals surface area contributed by atoms with E-state index in [4.69, 9.17) is 11.1 Å². The fourth-order valence-electron chi connectivity index (χ4n) is 6.72. The van der Waals surface area contributed by atoms with Crippen molar-refractivity contribution in [3.63, 3.8) is 0 Å². The average Bonchev–Trinajstić information content (AvgIpc) is 3.15. The summed E-state index contributed by atoms with van der Waals surface area (Å²) in [6.07, 6.45) is 35.7. The Morgan fingerprint density at radius 2 is 0.792 bits per heavy atom. The molecule has 8 N–H and O–H groups in total. The van der Waals surface area contributed by atoms with Gasteiger partial charge in [-0.1, -0.05) is 155 Å². The molecule has 0 aromatic heterocycles. The van der Waals surface area contributed by atoms with Crippen LogP contribution in [-0.2, 0) is 9.59 Å². The number of amides is 2. The first-order chi connectivity index (χ1) is 26.0. The highest BCUT2D eigenvalue weighted by Gasteiger charge is 2.14. The summed E-state index contributed by atoms with van der Waals surface area (Å²) in [4.78, 5) is 27.7. The summed E-state index contributed by atoms with van der Waals surface area (Å²) in [5, 5.41) is 22.9. The molecule has 0 radical (unpaired) electrons. The van der Waals surface area contributed by atoms with Crippen LogP contribution in [0.25, 0.3) is 0 Å². The number of hydrogen-bond acceptors (Lipinski definition) is 6. The lowest BCUT2D eigenvalue weighted by molar-refractivity contribution is -0.132. The van der Waals surface area contributed by atoms with Crippen LogP contribution in [0.4, 0.5) is 0 Å². The van der Waals surface area contributed by atoms with Crippen LogP contribution in [0.2, 0.25) is 0 Å². The lowest BCUT2D eigenvalue weighted by atomic mass is 10.0. The van der Waals surface area contributed by atoms with Crippen molar-refractivity contribution >= 4 is 17.8 Å². The second-order valence-electron chi connectivity index (χ2n) is 15.4. The SMILES string of the molecule is CCCCCCCCCCCCCCN(CCCCCCCCCCCCCC)C(=O)CNC(=O)CNCCCNCCCCNCCCNC(=N)N. The molecule has 0 bridgehead atoms. The zero-order chi connectivity index (χ0) is 38.7. The molecule has 53 heavy (non-hydrogen) atoms. The van der Waals surface area contributed by atoms with E-state index in [-0.39, 0.29) is 30.9 Å². The van der Waals surface area contributed by atoms with Gasteiger partial charge in [0, 0.05) is 19.6 Å². The van der Waals surface area contributed by atoms with Gasteiger partial charge < -0.3 is 37.2 Å². The third-order valence-electron chi connectivity index (χ3n) is 10.1. The van der Waals surface area contributed by atoms with E-state index in [0.29, 0.717) is 0 Å². The average molecular weight is 751 g/mol. The van der Waals surface area contributed by atoms with Gasteiger partial charge in [-0.2, -0.15) is 0 Å². The lowest BCUT2D eigenvalue weighted by Gasteiger charge is -2.23. The Morgan fingerprint density at radius 3 is 1.21 bits per heavy atom. The number of carbonyl (C=O) groups is 2. The summed E-state index contributed by atoms with van der Waals surface area (Å²) in [6, 6.07) is 0. The van der Waals surface area contributed by atoms with E-state index in [9.17, 15) is 9.59 Å². The van der Waals surface area contributed by atoms with Crippen molar-refractivity contribution in [2.45, 2.75) is 194 Å². The van der Waals surface area contributed by atoms with Gasteiger partial charge in [-0.3, -0.25) is 15.0 Å². The summed E-state index contributed by atoms with van der Waals surface area (Å²) in [6.45, 7) is 11.9. The molecule has 0 saturated heterocycles. The van der Waals surface area contributed by atoms with Crippen molar-refractivity contribution in [2.75, 3.05) is 65.4 Å². The molecule has 0 aromatic rings. The predicted octanol–water partition coefficient (Wildman–Crippen LogP) is 8.15. The number of carbonyl (C=O) groups excluding carboxylic acids is 2. The highest BCUT2D eigenvalue weighted by atomic mass is 16.2. The molecule has 314 valence electrons. The van der Waals surface area contributed by atoms with E-state index in [1.54, 1.807) is 0 Å². The molecule has 0 aliphatic carbocycles. The van der Waals surface area contributed by atoms with Gasteiger partial charge in [0.2, 0.25) is 11.8 Å². The van der Waals surface area contributed by atoms with Gasteiger partial charge >= 0.3 is 0 Å². The molecule has 0 aliphatic rings. The quantitative estimate of drug-likeness (QED) is 0.0189. The van der Waals surface area contributed by atoms with Crippen molar-refractivity contribution in [3.05, 3.63) is 0 Å². The molecule has 0 aliphatic heterocycles. The zero-order valence-electron chi connectivity index (χ0n) is 35.2. The molecular weight excluding hydrogens is 661 g/mol. The topological polar surface area (TPSA) is 147 Å². The number of nitrogens with two attached hydrogens (primary N) is 1. The van der Waals surface area contributed by atoms with Crippen LogP contribution in [0.1, 0.15) is 194 Å². The van der Waals surface area contributed by atoms with Gasteiger partial charge in [-0.05, 0) is 71.2 Å². The second-order valence-corrected chi connectivity index (χ2v) is 15.4. The fraction of sp³-hybridized carbons (Fsp3) is 0.930. The van der Waals surface area contributed by atoms with Gasteiger partial charge in [-0.15, -0.1) is 0 Å². The molecule has 0 saturated carbocycles. The van der Waals surface area contributed by atoms with Crippen LogP contribution in [0.3, 0.4) is 0 Å². The molecule has 0 fully saturated rings. The number of nitrogens with zero attached hydrogens (tertiary/aromatic N) is 1. The van der Waals surface area contributed by atoms with Crippen molar-refractivity contribution in [1.29, 1.82) is 5.41 Å². The Labute approximate surface area is 328 Å². The Hall–Kier alpha value is -1.91. The fourth-order valence-corrected chi connectivity index (χ4v) is 6.72. The molecule has 0 atom stereocenters. The first-order valence-electron chi connectivity index (χ1n) is 22.8. The van der Waals surface area contributed by atoms with Crippen molar-refractivity contribution < 1.29 is 9.59 Å². The highest BCUT2D eigenvalue weighted by Crippen LogP contribution is 2.14. The van der Waals surface area contributed by atoms with Gasteiger partial charge in [0.1, 0.15) is 0 Å². The molecule has 10 heteroatoms. The first kappa shape index (κ1) is 51.1. The maximum Gasteiger partial charge on any atom is 0.241 e. The normalized spacial score (nSPS) is 11.2. The van der Waals surface area contributed by atoms with Gasteiger partial charge in [0.25, 0.3) is 0 Å². The Balaban J connectivity index is 4.13. The number of unbranched alkanes of at least 4 members (excludes halogenated alkanes) is 23. The summed E-state index contributed by atoms with van der Waals surface area (Å²) in [5.41, 5.74) is 5.27. The lowest BCUT2D eigenvalue weighted by Crippen LogP contribution is -2.43. The Morgan fingerprint density at radius 1 is 0.434 bits per heavy atom. The molecule has 0 rings (SSSR count). The highest BCUT2D eigenvalue weighted by molar-refractivity contribution is 5.85. The van der Waals surface area contributed by atoms with Crippen LogP contribution in [0, 0.1) is 5.41 Å². The van der Waals surface area contributed by atoms with Crippen LogP contribution in [0.15, 0.2) is 0 Å². The molecule has 0 aromatic carbocycles. The van der Waals surface area contributed by atoms with E-state index in [1.807, 2.05) is 4.90 Å². The van der Waals surface area contributed by atoms with E-state index < -0.39 is 0 Å². The third-order valence-corrected chi connectivity index (χ3v) is 10.1. The van der Waals surface area contributed by atoms with Gasteiger partial charge in [0.05, 0.1) is 13.1 Å². The maximum atomic E-state index is 13.2. The third kappa shape index (κ3) is 41.1. The molecule has 0 unspecified atom stereocenters. The van der Waals surface area contributed by atoms with E-state index >= 15 is 0 Å². The van der Waals surface area contributed by atoms with Crippen LogP contribution in [0.5, 0.6) is 0 Å². The molecular formula is C43H90N8O2. The number of guanidine groups is 1. The van der Waals surface area contributed by atoms with E-state index in [1.165, 1.54) is 141 Å². The molecule has 0 heterocycles. The Bertz CT molecular complexity index is 772. The summed E-state index contributed by atoms with van der Waals surface area (Å²) in [5.74, 6) is -0.0105. The number of hydrogen-bond donors (Lipinski definition) is 7. The summed E-state index contributed by atoms with van der Waals surface area (Å²) in [7, 11) is 0. The van der Waals surface area contributed by atoms with Crippen molar-refractivity contribution in [2.24, 2.45) is 5.73 Å². The smallest absolute Gasteiger partial charge is 0.241 e. The minimum absolute atomic E-state index is 0.0308. The van der Waals surface area contributed by atoms with Gasteiger partial charge in [0.15, 0.2) is 5.96 Å². The number of rotatable bonds is 43. The molecule has 0 spiro atoms. The van der Waals surface area contributed by atoms with Crippen LogP contribution < -0.4 is 32.3 Å². The first-order valence-corrected chi connectivity index (χ1v) is 22.8. The monoisotopic (exact) mass is 751 g/mol. The Kier molecular flexibility index (Phi) is 41.3. The van der Waals surface area contributed by atoms with E-state index in [2.05, 4.69) is 40.4 Å². The molecule has 2 amide bonds. The second kappa shape index (κ2) is 42.8. The van der Waals surface area contributed by atoms with Gasteiger partial charge in [-0.25, -0.2) is 0 Å². The maximum absolute atomic E-state index is 13.2. The van der Waals surface area contributed by atoms with Crippen molar-refractivity contribution in [3.8, 4) is 0 Å². The largest absolute Gasteiger partial charge is 0.370 e. The standard InChI is InChI=1S/C43H90N8O2/c1-3-5-7-9-11-13-15-17-19-21-23-27-37-51(38-28-24-22-20-18-16-14-12-10-8-6-4-2)42(53)40-50-41(52)39-48-35-29-33-46-31-25-26-32-47-34-30-36-49-43(44)45/h46-48H,3-40H2,1-2H3,(H,50,52)(H4,44,45,49). The predicted molar refractivity (Wildman–Crippen MR) is 229 cm³/mol. The van der Waals surface area contributed by atoms with Crippen LogP contribution >= 0.6 is 0 Å². The minimum Gasteiger partial charge on any atom is -0.370 e. The minimum atomic E-state index is -0.105. The summed E-state index contributed by atoms with van der Waals surface area (Å²) < 4.78 is 0. The number of nitrogens with one attached hydrogen (secondary N) is 6.